The SMILES string of the molecule is Cn1nnc(NS(=O)(=O)c2cnc(N)c(Cl)c2)n1. The van der Waals surface area contributed by atoms with Crippen LogP contribution < -0.4 is 10.5 Å². The van der Waals surface area contributed by atoms with E-state index in [9.17, 15) is 8.42 Å². The number of aryl methyl sites for hydroxylation is 1. The van der Waals surface area contributed by atoms with Crippen molar-refractivity contribution in [3.05, 3.63) is 17.3 Å². The number of anilines is 2. The first-order valence-electron chi connectivity index (χ1n) is 4.56. The average Bonchev–Trinajstić information content (AvgIpc) is 2.67. The molecule has 0 aliphatic rings. The predicted octanol–water partition coefficient (Wildman–Crippen LogP) is -0.359. The minimum Gasteiger partial charge on any atom is -0.382 e. The maximum absolute atomic E-state index is 11.9. The Labute approximate surface area is 107 Å². The Morgan fingerprint density at radius 1 is 1.50 bits per heavy atom. The molecule has 0 saturated carbocycles. The molecule has 0 amide bonds. The van der Waals surface area contributed by atoms with E-state index in [1.165, 1.54) is 13.1 Å². The highest BCUT2D eigenvalue weighted by Gasteiger charge is 2.18. The first-order chi connectivity index (χ1) is 8.38. The average molecular weight is 290 g/mol. The number of hydrogen-bond donors (Lipinski definition) is 2. The number of pyridine rings is 1. The second-order valence-corrected chi connectivity index (χ2v) is 5.34. The summed E-state index contributed by atoms with van der Waals surface area (Å²) in [7, 11) is -2.36. The van der Waals surface area contributed by atoms with Crippen LogP contribution in [0, 0.1) is 0 Å². The summed E-state index contributed by atoms with van der Waals surface area (Å²) in [5.74, 6) is -0.0984. The highest BCUT2D eigenvalue weighted by atomic mass is 35.5. The van der Waals surface area contributed by atoms with Gasteiger partial charge >= 0.3 is 0 Å². The van der Waals surface area contributed by atoms with Gasteiger partial charge in [0.25, 0.3) is 16.0 Å². The summed E-state index contributed by atoms with van der Waals surface area (Å²) in [4.78, 5) is 4.63. The molecule has 0 fully saturated rings. The van der Waals surface area contributed by atoms with Crippen LogP contribution in [-0.4, -0.2) is 33.6 Å². The topological polar surface area (TPSA) is 129 Å². The Hall–Kier alpha value is -1.94. The van der Waals surface area contributed by atoms with Crippen LogP contribution in [0.1, 0.15) is 0 Å². The van der Waals surface area contributed by atoms with E-state index in [1.54, 1.807) is 0 Å². The number of nitrogens with zero attached hydrogens (tertiary/aromatic N) is 5. The number of aromatic nitrogens is 5. The van der Waals surface area contributed by atoms with Crippen molar-refractivity contribution in [1.82, 2.24) is 25.2 Å². The third-order valence-electron chi connectivity index (χ3n) is 1.89. The molecule has 0 unspecified atom stereocenters. The lowest BCUT2D eigenvalue weighted by Gasteiger charge is -2.04. The second-order valence-electron chi connectivity index (χ2n) is 3.25. The van der Waals surface area contributed by atoms with Crippen LogP contribution in [0.25, 0.3) is 0 Å². The van der Waals surface area contributed by atoms with Gasteiger partial charge in [0.2, 0.25) is 0 Å². The molecule has 96 valence electrons. The Balaban J connectivity index is 2.33. The fourth-order valence-electron chi connectivity index (χ4n) is 1.08. The Morgan fingerprint density at radius 2 is 2.22 bits per heavy atom. The number of nitrogens with two attached hydrogens (primary N) is 1. The van der Waals surface area contributed by atoms with Crippen molar-refractivity contribution in [3.63, 3.8) is 0 Å². The molecule has 0 aromatic carbocycles. The maximum atomic E-state index is 11.9. The van der Waals surface area contributed by atoms with E-state index in [0.29, 0.717) is 0 Å². The molecule has 2 aromatic heterocycles. The number of sulfonamides is 1. The molecule has 0 bridgehead atoms. The Morgan fingerprint density at radius 3 is 2.78 bits per heavy atom. The van der Waals surface area contributed by atoms with Gasteiger partial charge in [-0.15, -0.1) is 5.10 Å². The third kappa shape index (κ3) is 2.49. The van der Waals surface area contributed by atoms with Gasteiger partial charge in [-0.3, -0.25) is 0 Å². The number of nitrogen functional groups attached to an aromatic ring is 1. The van der Waals surface area contributed by atoms with E-state index in [0.717, 1.165) is 11.0 Å². The molecular weight excluding hydrogens is 282 g/mol. The van der Waals surface area contributed by atoms with Gasteiger partial charge in [0.1, 0.15) is 10.7 Å². The molecular formula is C7H8ClN7O2S. The summed E-state index contributed by atoms with van der Waals surface area (Å²) >= 11 is 5.70. The van der Waals surface area contributed by atoms with Crippen LogP contribution in [0.3, 0.4) is 0 Å². The zero-order chi connectivity index (χ0) is 13.3. The van der Waals surface area contributed by atoms with E-state index in [-0.39, 0.29) is 21.7 Å². The monoisotopic (exact) mass is 289 g/mol. The molecule has 2 rings (SSSR count). The van der Waals surface area contributed by atoms with Gasteiger partial charge in [0, 0.05) is 6.20 Å². The van der Waals surface area contributed by atoms with E-state index >= 15 is 0 Å². The molecule has 18 heavy (non-hydrogen) atoms. The number of hydrogen-bond acceptors (Lipinski definition) is 7. The molecule has 0 spiro atoms. The first-order valence-corrected chi connectivity index (χ1v) is 6.42. The smallest absolute Gasteiger partial charge is 0.277 e. The minimum atomic E-state index is -3.87. The van der Waals surface area contributed by atoms with E-state index < -0.39 is 10.0 Å². The van der Waals surface area contributed by atoms with Gasteiger partial charge in [-0.2, -0.15) is 4.80 Å². The van der Waals surface area contributed by atoms with Gasteiger partial charge in [0.15, 0.2) is 0 Å². The zero-order valence-corrected chi connectivity index (χ0v) is 10.6. The predicted molar refractivity (Wildman–Crippen MR) is 63.3 cm³/mol. The van der Waals surface area contributed by atoms with E-state index in [4.69, 9.17) is 17.3 Å². The van der Waals surface area contributed by atoms with Crippen LogP contribution >= 0.6 is 11.6 Å². The van der Waals surface area contributed by atoms with Crippen LogP contribution in [0.5, 0.6) is 0 Å². The lowest BCUT2D eigenvalue weighted by Crippen LogP contribution is -2.14. The summed E-state index contributed by atoms with van der Waals surface area (Å²) < 4.78 is 25.9. The minimum absolute atomic E-state index is 0.0463. The zero-order valence-electron chi connectivity index (χ0n) is 9.07. The molecule has 0 aliphatic carbocycles. The van der Waals surface area contributed by atoms with Gasteiger partial charge in [0.05, 0.1) is 12.1 Å². The van der Waals surface area contributed by atoms with Gasteiger partial charge in [-0.25, -0.2) is 18.1 Å². The molecule has 11 heteroatoms. The molecule has 0 atom stereocenters. The van der Waals surface area contributed by atoms with Gasteiger partial charge < -0.3 is 5.73 Å². The van der Waals surface area contributed by atoms with Gasteiger partial charge in [-0.1, -0.05) is 16.7 Å². The second kappa shape index (κ2) is 4.38. The fourth-order valence-corrected chi connectivity index (χ4v) is 2.22. The van der Waals surface area contributed by atoms with Crippen molar-refractivity contribution in [2.75, 3.05) is 10.5 Å². The number of nitrogens with one attached hydrogen (secondary N) is 1. The van der Waals surface area contributed by atoms with Crippen molar-refractivity contribution in [1.29, 1.82) is 0 Å². The van der Waals surface area contributed by atoms with Crippen LogP contribution in [-0.2, 0) is 17.1 Å². The largest absolute Gasteiger partial charge is 0.382 e. The molecule has 0 aliphatic heterocycles. The third-order valence-corrected chi connectivity index (χ3v) is 3.49. The quantitative estimate of drug-likeness (QED) is 0.789. The molecule has 9 nitrogen and oxygen atoms in total. The highest BCUT2D eigenvalue weighted by Crippen LogP contribution is 2.20. The number of tetrazole rings is 1. The van der Waals surface area contributed by atoms with Crippen molar-refractivity contribution in [3.8, 4) is 0 Å². The number of rotatable bonds is 3. The van der Waals surface area contributed by atoms with Crippen molar-refractivity contribution in [2.24, 2.45) is 7.05 Å². The van der Waals surface area contributed by atoms with Crippen molar-refractivity contribution in [2.45, 2.75) is 4.90 Å². The fraction of sp³-hybridized carbons (Fsp3) is 0.143. The number of halogens is 1. The lowest BCUT2D eigenvalue weighted by atomic mass is 10.5. The summed E-state index contributed by atoms with van der Waals surface area (Å²) in [6.45, 7) is 0. The lowest BCUT2D eigenvalue weighted by molar-refractivity contribution is 0.600. The highest BCUT2D eigenvalue weighted by molar-refractivity contribution is 7.92. The molecule has 0 radical (unpaired) electrons. The van der Waals surface area contributed by atoms with Crippen LogP contribution in [0.15, 0.2) is 17.2 Å². The standard InChI is InChI=1S/C7H8ClN7O2S/c1-15-12-7(11-14-15)13-18(16,17)4-2-5(8)6(9)10-3-4/h2-3H,1H3,(H2,9,10)(H,12,13). The van der Waals surface area contributed by atoms with Crippen LogP contribution in [0.4, 0.5) is 11.8 Å². The first kappa shape index (κ1) is 12.5. The van der Waals surface area contributed by atoms with E-state index in [1.807, 2.05) is 0 Å². The summed E-state index contributed by atoms with van der Waals surface area (Å²) in [6.07, 6.45) is 1.08. The van der Waals surface area contributed by atoms with Gasteiger partial charge in [-0.05, 0) is 11.3 Å². The summed E-state index contributed by atoms with van der Waals surface area (Å²) in [5, 5.41) is 10.7. The Kier molecular flexibility index (Phi) is 3.05. The molecule has 3 N–H and O–H groups in total. The summed E-state index contributed by atoms with van der Waals surface area (Å²) in [5.41, 5.74) is 5.39. The maximum Gasteiger partial charge on any atom is 0.277 e. The molecule has 0 saturated heterocycles. The normalized spacial score (nSPS) is 11.4. The van der Waals surface area contributed by atoms with Crippen molar-refractivity contribution >= 4 is 33.4 Å². The van der Waals surface area contributed by atoms with E-state index in [2.05, 4.69) is 25.1 Å². The molecule has 2 heterocycles. The summed E-state index contributed by atoms with van der Waals surface area (Å²) in [6, 6.07) is 1.18. The Bertz CT molecular complexity index is 683. The molecule has 2 aromatic rings. The van der Waals surface area contributed by atoms with Crippen molar-refractivity contribution < 1.29 is 8.42 Å². The van der Waals surface area contributed by atoms with Crippen LogP contribution in [0.2, 0.25) is 5.02 Å².